The minimum Gasteiger partial charge on any atom is -0.466 e. The van der Waals surface area contributed by atoms with E-state index in [1.165, 1.54) is 0 Å². The molecule has 3 aromatic carbocycles. The number of esters is 3. The normalized spacial score (nSPS) is 17.8. The lowest BCUT2D eigenvalue weighted by Crippen LogP contribution is -2.49. The highest BCUT2D eigenvalue weighted by Gasteiger charge is 2.50. The molecule has 0 aliphatic carbocycles. The van der Waals surface area contributed by atoms with Crippen LogP contribution in [0.3, 0.4) is 0 Å². The zero-order valence-corrected chi connectivity index (χ0v) is 47.6. The number of alkyl halides is 1. The lowest BCUT2D eigenvalue weighted by atomic mass is 9.72. The summed E-state index contributed by atoms with van der Waals surface area (Å²) in [6.07, 6.45) is 6.58. The van der Waals surface area contributed by atoms with E-state index in [-0.39, 0.29) is 48.3 Å². The third-order valence-electron chi connectivity index (χ3n) is 14.3. The fraction of sp³-hybridized carbons (Fsp3) is 0.569. The molecule has 5 aliphatic heterocycles. The molecule has 6 N–H and O–H groups in total. The van der Waals surface area contributed by atoms with Crippen LogP contribution in [0, 0.1) is 33.7 Å². The predicted octanol–water partition coefficient (Wildman–Crippen LogP) is 8.66. The molecule has 4 saturated heterocycles. The van der Waals surface area contributed by atoms with Gasteiger partial charge >= 0.3 is 17.9 Å². The Kier molecular flexibility index (Phi) is 34.6. The van der Waals surface area contributed by atoms with Crippen molar-refractivity contribution in [1.82, 2.24) is 25.4 Å². The molecular formula is C58H90ClFN8O10. The topological polar surface area (TPSA) is 255 Å². The summed E-state index contributed by atoms with van der Waals surface area (Å²) in [5.74, 6) is -0.111. The number of halogens is 2. The molecule has 4 fully saturated rings. The number of nitrogens with one attached hydrogen (secondary N) is 4. The molecule has 1 amide bonds. The molecule has 0 radical (unpaired) electrons. The van der Waals surface area contributed by atoms with Crippen molar-refractivity contribution in [3.05, 3.63) is 108 Å². The zero-order valence-electron chi connectivity index (χ0n) is 47.8. The maximum atomic E-state index is 12.9. The van der Waals surface area contributed by atoms with Crippen molar-refractivity contribution < 1.29 is 55.6 Å². The number of carbonyl (C=O) groups is 6. The SMILES string of the molecule is CCN1CCC2(CC1)C(=O)NN=C2c1ccccc1.CCOC(=O)C1(C(=O)c2ccccc2)CCN(CC)CC1.CCOC(=O)C1CCN(CC)CC1.CCOC(=O)C1CCNCC1.N=N.O.O=C(Cl)c1ccccc1.[2H]CF.[HH]. The molecule has 5 aliphatic rings. The number of rotatable bonds is 13. The first-order chi connectivity index (χ1) is 37.7. The fourth-order valence-corrected chi connectivity index (χ4v) is 9.75. The summed E-state index contributed by atoms with van der Waals surface area (Å²) in [5.41, 5.74) is 14.4. The molecular weight excluding hydrogens is 1020 g/mol. The van der Waals surface area contributed by atoms with Crippen molar-refractivity contribution in [3.8, 4) is 0 Å². The van der Waals surface area contributed by atoms with Gasteiger partial charge in [-0.15, -0.1) is 0 Å². The van der Waals surface area contributed by atoms with Gasteiger partial charge in [-0.05, 0) is 161 Å². The Bertz CT molecular complexity index is 2230. The maximum absolute atomic E-state index is 12.9. The van der Waals surface area contributed by atoms with Gasteiger partial charge in [-0.25, -0.2) is 16.5 Å². The number of hydrazone groups is 1. The van der Waals surface area contributed by atoms with Gasteiger partial charge in [0, 0.05) is 12.6 Å². The molecule has 18 nitrogen and oxygen atoms in total. The molecule has 78 heavy (non-hydrogen) atoms. The molecule has 0 saturated carbocycles. The molecule has 3 aromatic rings. The third-order valence-corrected chi connectivity index (χ3v) is 14.5. The Morgan fingerprint density at radius 1 is 0.654 bits per heavy atom. The highest BCUT2D eigenvalue weighted by molar-refractivity contribution is 6.67. The number of likely N-dealkylation sites (tertiary alicyclic amines) is 3. The zero-order chi connectivity index (χ0) is 57.8. The monoisotopic (exact) mass is 1110 g/mol. The van der Waals surface area contributed by atoms with E-state index in [4.69, 9.17) is 38.2 Å². The van der Waals surface area contributed by atoms with Crippen LogP contribution < -0.4 is 10.7 Å². The average molecular weight is 1110 g/mol. The standard InChI is InChI=1S/C17H23NO3.C15H19N3O.C10H19NO2.C8H15NO2.C7H5ClO.CH3F.H2N2.H2O.H2/c1-3-18-12-10-17(11-13-18,16(20)21-4-2)15(19)14-8-6-5-7-9-14;1-2-18-10-8-15(9-11-18)13(16-17-14(15)19)12-6-4-3-5-7-12;1-3-11-7-5-9(6-8-11)10(12)13-4-2;1-2-11-8(10)7-3-5-9-6-4-7;8-7(9)6-4-2-1-3-5-6;2*1-2;;/h5-9H,3-4,10-13H2,1-2H3;3-7H,2,8-11H2,1H3,(H,17,19);9H,3-8H2,1-2H3;7,9H,2-6H2,1H3;1-5H;1H3;1-2H;1H2;1H/i;;;;;1D;;;. The van der Waals surface area contributed by atoms with Gasteiger partial charge < -0.3 is 39.7 Å². The number of piperidine rings is 4. The van der Waals surface area contributed by atoms with Crippen LogP contribution in [0.5, 0.6) is 0 Å². The van der Waals surface area contributed by atoms with Crippen LogP contribution in [0.25, 0.3) is 0 Å². The molecule has 20 heteroatoms. The van der Waals surface area contributed by atoms with E-state index in [2.05, 4.69) is 51.3 Å². The van der Waals surface area contributed by atoms with Gasteiger partial charge in [0.05, 0.1) is 51.3 Å². The van der Waals surface area contributed by atoms with Gasteiger partial charge in [0.2, 0.25) is 0 Å². The summed E-state index contributed by atoms with van der Waals surface area (Å²) in [4.78, 5) is 77.6. The lowest BCUT2D eigenvalue weighted by Gasteiger charge is -2.38. The number of ether oxygens (including phenoxy) is 3. The molecule has 5 heterocycles. The van der Waals surface area contributed by atoms with Crippen molar-refractivity contribution in [2.75, 3.05) is 99.0 Å². The second-order valence-electron chi connectivity index (χ2n) is 18.6. The van der Waals surface area contributed by atoms with Crippen molar-refractivity contribution in [1.29, 1.82) is 11.1 Å². The van der Waals surface area contributed by atoms with Crippen LogP contribution in [0.15, 0.2) is 96.1 Å². The van der Waals surface area contributed by atoms with Gasteiger partial charge in [0.1, 0.15) is 5.41 Å². The predicted molar refractivity (Wildman–Crippen MR) is 305 cm³/mol. The first-order valence-electron chi connectivity index (χ1n) is 27.7. The number of benzene rings is 3. The Morgan fingerprint density at radius 2 is 1.05 bits per heavy atom. The second-order valence-corrected chi connectivity index (χ2v) is 18.9. The van der Waals surface area contributed by atoms with Crippen LogP contribution in [0.2, 0.25) is 0 Å². The van der Waals surface area contributed by atoms with Crippen LogP contribution in [0.1, 0.15) is 122 Å². The number of ketones is 1. The van der Waals surface area contributed by atoms with E-state index in [0.29, 0.717) is 43.8 Å². The summed E-state index contributed by atoms with van der Waals surface area (Å²) in [5, 5.41) is 7.11. The smallest absolute Gasteiger partial charge is 0.320 e. The van der Waals surface area contributed by atoms with Crippen LogP contribution in [-0.4, -0.2) is 160 Å². The molecule has 1 spiro atoms. The number of hydrogen-bond donors (Lipinski definition) is 4. The summed E-state index contributed by atoms with van der Waals surface area (Å²) in [6, 6.07) is 27.9. The van der Waals surface area contributed by atoms with Crippen molar-refractivity contribution in [2.45, 2.75) is 92.9 Å². The van der Waals surface area contributed by atoms with Gasteiger partial charge in [0.15, 0.2) is 5.78 Å². The quantitative estimate of drug-likeness (QED) is 0.0312. The van der Waals surface area contributed by atoms with Crippen molar-refractivity contribution in [2.24, 2.45) is 27.8 Å². The second kappa shape index (κ2) is 39.5. The number of nitrogens with zero attached hydrogens (tertiary/aromatic N) is 4. The molecule has 436 valence electrons. The maximum Gasteiger partial charge on any atom is 0.320 e. The molecule has 0 bridgehead atoms. The van der Waals surface area contributed by atoms with Gasteiger partial charge in [-0.2, -0.15) is 5.10 Å². The minimum absolute atomic E-state index is 0. The minimum atomic E-state index is -1.01. The highest BCUT2D eigenvalue weighted by Crippen LogP contribution is 2.39. The average Bonchev–Trinajstić information content (AvgIpc) is 3.81. The Labute approximate surface area is 470 Å². The summed E-state index contributed by atoms with van der Waals surface area (Å²) >= 11 is 5.16. The lowest BCUT2D eigenvalue weighted by molar-refractivity contribution is -0.155. The van der Waals surface area contributed by atoms with Crippen LogP contribution >= 0.6 is 11.6 Å². The number of carbonyl (C=O) groups excluding carboxylic acids is 6. The number of amides is 1. The van der Waals surface area contributed by atoms with Crippen molar-refractivity contribution >= 4 is 52.2 Å². The van der Waals surface area contributed by atoms with Gasteiger partial charge in [0.25, 0.3) is 11.1 Å². The Hall–Kier alpha value is -5.83. The summed E-state index contributed by atoms with van der Waals surface area (Å²) in [7, 11) is -1.00. The van der Waals surface area contributed by atoms with E-state index < -0.39 is 23.2 Å². The number of hydrogen-bond acceptors (Lipinski definition) is 16. The molecule has 0 atom stereocenters. The van der Waals surface area contributed by atoms with Crippen molar-refractivity contribution in [3.63, 3.8) is 0 Å². The van der Waals surface area contributed by atoms with E-state index in [1.807, 2.05) is 68.4 Å². The number of Topliss-reactive ketones (excluding diaryl/α,β-unsaturated/α-hetero) is 1. The first-order valence-corrected chi connectivity index (χ1v) is 27.4. The third kappa shape index (κ3) is 21.8. The Morgan fingerprint density at radius 3 is 1.46 bits per heavy atom. The van der Waals surface area contributed by atoms with Gasteiger partial charge in [-0.1, -0.05) is 112 Å². The summed E-state index contributed by atoms with van der Waals surface area (Å²) < 4.78 is 30.6. The van der Waals surface area contributed by atoms with E-state index in [9.17, 15) is 33.2 Å². The van der Waals surface area contributed by atoms with E-state index >= 15 is 0 Å². The first kappa shape index (κ1) is 68.3. The van der Waals surface area contributed by atoms with Crippen LogP contribution in [-0.2, 0) is 33.4 Å². The van der Waals surface area contributed by atoms with E-state index in [0.717, 1.165) is 122 Å². The summed E-state index contributed by atoms with van der Waals surface area (Å²) in [6.45, 7) is 23.7. The van der Waals surface area contributed by atoms with E-state index in [1.54, 1.807) is 43.3 Å². The fourth-order valence-electron chi connectivity index (χ4n) is 9.62. The molecule has 8 rings (SSSR count). The largest absolute Gasteiger partial charge is 0.466 e. The van der Waals surface area contributed by atoms with Gasteiger partial charge in [-0.3, -0.25) is 33.2 Å². The van der Waals surface area contributed by atoms with Crippen LogP contribution in [0.4, 0.5) is 4.39 Å². The molecule has 0 unspecified atom stereocenters. The highest BCUT2D eigenvalue weighted by atomic mass is 35.5. The Balaban J connectivity index is 0.000000977. The molecule has 0 aromatic heterocycles.